The minimum atomic E-state index is -1.32. The van der Waals surface area contributed by atoms with E-state index in [0.29, 0.717) is 5.76 Å². The third-order valence-electron chi connectivity index (χ3n) is 2.90. The fraction of sp³-hybridized carbons (Fsp3) is 0.357. The van der Waals surface area contributed by atoms with Crippen LogP contribution in [0.3, 0.4) is 0 Å². The number of furan rings is 1. The standard InChI is InChI=1S/C14H17NO3S/c1-10(2)13(16)15-9-14(17,11-5-3-7-18-11)12-6-4-8-19-12/h3-8,10,17H,9H2,1-2H3,(H,15,16). The first kappa shape index (κ1) is 13.8. The van der Waals surface area contributed by atoms with E-state index in [9.17, 15) is 9.90 Å². The Kier molecular flexibility index (Phi) is 4.07. The largest absolute Gasteiger partial charge is 0.466 e. The Morgan fingerprint density at radius 3 is 2.79 bits per heavy atom. The molecule has 0 aliphatic heterocycles. The van der Waals surface area contributed by atoms with E-state index in [1.165, 1.54) is 17.6 Å². The van der Waals surface area contributed by atoms with Gasteiger partial charge in [0.2, 0.25) is 5.91 Å². The predicted molar refractivity (Wildman–Crippen MR) is 73.9 cm³/mol. The first-order chi connectivity index (χ1) is 9.04. The summed E-state index contributed by atoms with van der Waals surface area (Å²) in [6, 6.07) is 7.12. The van der Waals surface area contributed by atoms with Gasteiger partial charge in [-0.1, -0.05) is 19.9 Å². The van der Waals surface area contributed by atoms with E-state index in [0.717, 1.165) is 4.88 Å². The maximum atomic E-state index is 11.7. The zero-order valence-electron chi connectivity index (χ0n) is 10.9. The molecule has 0 bridgehead atoms. The molecular weight excluding hydrogens is 262 g/mol. The third kappa shape index (κ3) is 2.88. The fourth-order valence-electron chi connectivity index (χ4n) is 1.74. The molecule has 0 radical (unpaired) electrons. The summed E-state index contributed by atoms with van der Waals surface area (Å²) in [5, 5.41) is 15.5. The first-order valence-corrected chi connectivity index (χ1v) is 7.00. The van der Waals surface area contributed by atoms with Crippen molar-refractivity contribution in [1.82, 2.24) is 5.32 Å². The summed E-state index contributed by atoms with van der Waals surface area (Å²) in [7, 11) is 0. The number of hydrogen-bond acceptors (Lipinski definition) is 4. The Morgan fingerprint density at radius 1 is 1.47 bits per heavy atom. The molecule has 0 aliphatic carbocycles. The second-order valence-corrected chi connectivity index (χ2v) is 5.64. The van der Waals surface area contributed by atoms with E-state index in [4.69, 9.17) is 4.42 Å². The van der Waals surface area contributed by atoms with Crippen molar-refractivity contribution >= 4 is 17.2 Å². The average Bonchev–Trinajstić information content (AvgIpc) is 3.06. The van der Waals surface area contributed by atoms with Crippen molar-refractivity contribution in [2.24, 2.45) is 5.92 Å². The van der Waals surface area contributed by atoms with Gasteiger partial charge in [-0.05, 0) is 23.6 Å². The van der Waals surface area contributed by atoms with Gasteiger partial charge in [0, 0.05) is 10.8 Å². The lowest BCUT2D eigenvalue weighted by Gasteiger charge is -2.25. The van der Waals surface area contributed by atoms with Crippen LogP contribution in [0.5, 0.6) is 0 Å². The first-order valence-electron chi connectivity index (χ1n) is 6.12. The molecule has 2 rings (SSSR count). The fourth-order valence-corrected chi connectivity index (χ4v) is 2.57. The van der Waals surface area contributed by atoms with Gasteiger partial charge in [0.15, 0.2) is 5.60 Å². The number of thiophene rings is 1. The summed E-state index contributed by atoms with van der Waals surface area (Å²) in [5.41, 5.74) is -1.32. The van der Waals surface area contributed by atoms with E-state index in [1.54, 1.807) is 12.1 Å². The van der Waals surface area contributed by atoms with Crippen LogP contribution in [0.2, 0.25) is 0 Å². The average molecular weight is 279 g/mol. The molecule has 0 saturated carbocycles. The van der Waals surface area contributed by atoms with Crippen molar-refractivity contribution in [2.45, 2.75) is 19.4 Å². The van der Waals surface area contributed by atoms with Gasteiger partial charge in [-0.25, -0.2) is 0 Å². The van der Waals surface area contributed by atoms with E-state index in [2.05, 4.69) is 5.32 Å². The smallest absolute Gasteiger partial charge is 0.222 e. The minimum Gasteiger partial charge on any atom is -0.466 e. The van der Waals surface area contributed by atoms with Gasteiger partial charge in [-0.3, -0.25) is 4.79 Å². The maximum absolute atomic E-state index is 11.7. The number of hydrogen-bond donors (Lipinski definition) is 2. The Bertz CT molecular complexity index is 483. The number of carbonyl (C=O) groups excluding carboxylic acids is 1. The van der Waals surface area contributed by atoms with Crippen LogP contribution in [0, 0.1) is 5.92 Å². The summed E-state index contributed by atoms with van der Waals surface area (Å²) < 4.78 is 5.32. The summed E-state index contributed by atoms with van der Waals surface area (Å²) in [6.45, 7) is 3.72. The summed E-state index contributed by atoms with van der Waals surface area (Å²) in [6.07, 6.45) is 1.51. The highest BCUT2D eigenvalue weighted by Gasteiger charge is 2.36. The molecule has 2 N–H and O–H groups in total. The maximum Gasteiger partial charge on any atom is 0.222 e. The molecule has 0 aliphatic rings. The van der Waals surface area contributed by atoms with Crippen molar-refractivity contribution in [1.29, 1.82) is 0 Å². The second kappa shape index (κ2) is 5.59. The highest BCUT2D eigenvalue weighted by Crippen LogP contribution is 2.32. The van der Waals surface area contributed by atoms with Gasteiger partial charge in [-0.15, -0.1) is 11.3 Å². The summed E-state index contributed by atoms with van der Waals surface area (Å²) >= 11 is 1.43. The van der Waals surface area contributed by atoms with Crippen molar-refractivity contribution in [3.8, 4) is 0 Å². The van der Waals surface area contributed by atoms with Gasteiger partial charge in [0.05, 0.1) is 12.8 Å². The molecule has 2 heterocycles. The quantitative estimate of drug-likeness (QED) is 0.883. The second-order valence-electron chi connectivity index (χ2n) is 4.69. The molecule has 19 heavy (non-hydrogen) atoms. The molecule has 4 nitrogen and oxygen atoms in total. The van der Waals surface area contributed by atoms with Crippen LogP contribution in [0.1, 0.15) is 24.5 Å². The van der Waals surface area contributed by atoms with Crippen LogP contribution in [0.15, 0.2) is 40.3 Å². The lowest BCUT2D eigenvalue weighted by Crippen LogP contribution is -2.42. The number of amides is 1. The molecule has 5 heteroatoms. The molecule has 102 valence electrons. The van der Waals surface area contributed by atoms with Gasteiger partial charge in [-0.2, -0.15) is 0 Å². The van der Waals surface area contributed by atoms with Crippen molar-refractivity contribution in [2.75, 3.05) is 6.54 Å². The number of nitrogens with one attached hydrogen (secondary N) is 1. The van der Waals surface area contributed by atoms with Crippen LogP contribution < -0.4 is 5.32 Å². The highest BCUT2D eigenvalue weighted by molar-refractivity contribution is 7.10. The van der Waals surface area contributed by atoms with Crippen molar-refractivity contribution in [3.05, 3.63) is 46.5 Å². The molecule has 2 aromatic heterocycles. The van der Waals surface area contributed by atoms with E-state index in [-0.39, 0.29) is 18.4 Å². The van der Waals surface area contributed by atoms with Gasteiger partial charge < -0.3 is 14.8 Å². The Hall–Kier alpha value is -1.59. The number of rotatable bonds is 5. The number of carbonyl (C=O) groups is 1. The summed E-state index contributed by atoms with van der Waals surface area (Å²) in [4.78, 5) is 12.4. The van der Waals surface area contributed by atoms with Crippen LogP contribution in [-0.2, 0) is 10.4 Å². The van der Waals surface area contributed by atoms with E-state index < -0.39 is 5.60 Å². The van der Waals surface area contributed by atoms with Crippen LogP contribution in [0.4, 0.5) is 0 Å². The molecule has 0 fully saturated rings. The van der Waals surface area contributed by atoms with E-state index >= 15 is 0 Å². The zero-order valence-corrected chi connectivity index (χ0v) is 11.7. The lowest BCUT2D eigenvalue weighted by molar-refractivity contribution is -0.125. The lowest BCUT2D eigenvalue weighted by atomic mass is 9.98. The van der Waals surface area contributed by atoms with Crippen molar-refractivity contribution < 1.29 is 14.3 Å². The molecule has 1 atom stereocenters. The highest BCUT2D eigenvalue weighted by atomic mass is 32.1. The predicted octanol–water partition coefficient (Wildman–Crippen LogP) is 2.35. The van der Waals surface area contributed by atoms with Crippen LogP contribution in [0.25, 0.3) is 0 Å². The molecule has 1 unspecified atom stereocenters. The molecule has 0 spiro atoms. The van der Waals surface area contributed by atoms with Gasteiger partial charge in [0.25, 0.3) is 0 Å². The topological polar surface area (TPSA) is 62.5 Å². The molecule has 2 aromatic rings. The van der Waals surface area contributed by atoms with E-state index in [1.807, 2.05) is 31.4 Å². The van der Waals surface area contributed by atoms with Crippen LogP contribution >= 0.6 is 11.3 Å². The third-order valence-corrected chi connectivity index (χ3v) is 3.92. The molecular formula is C14H17NO3S. The Labute approximate surface area is 116 Å². The molecule has 0 saturated heterocycles. The van der Waals surface area contributed by atoms with Crippen LogP contribution in [-0.4, -0.2) is 17.6 Å². The summed E-state index contributed by atoms with van der Waals surface area (Å²) in [5.74, 6) is 0.213. The number of aliphatic hydroxyl groups is 1. The monoisotopic (exact) mass is 279 g/mol. The van der Waals surface area contributed by atoms with Gasteiger partial charge >= 0.3 is 0 Å². The molecule has 1 amide bonds. The SMILES string of the molecule is CC(C)C(=O)NCC(O)(c1ccco1)c1cccs1. The zero-order chi connectivity index (χ0) is 13.9. The minimum absolute atomic E-state index is 0.0953. The normalized spacial score (nSPS) is 14.3. The van der Waals surface area contributed by atoms with Crippen molar-refractivity contribution in [3.63, 3.8) is 0 Å². The van der Waals surface area contributed by atoms with Gasteiger partial charge in [0.1, 0.15) is 5.76 Å². The molecule has 0 aromatic carbocycles. The Morgan fingerprint density at radius 2 is 2.26 bits per heavy atom. The Balaban J connectivity index is 2.24.